The van der Waals surface area contributed by atoms with Crippen LogP contribution in [0.5, 0.6) is 5.75 Å². The van der Waals surface area contributed by atoms with Gasteiger partial charge in [-0.15, -0.1) is 0 Å². The van der Waals surface area contributed by atoms with Gasteiger partial charge < -0.3 is 14.5 Å². The number of benzene rings is 1. The van der Waals surface area contributed by atoms with Crippen molar-refractivity contribution >= 4 is 13.6 Å². The zero-order valence-corrected chi connectivity index (χ0v) is 8.76. The maximum atomic E-state index is 11.4. The van der Waals surface area contributed by atoms with Gasteiger partial charge in [-0.2, -0.15) is 0 Å². The number of rotatable bonds is 5. The first kappa shape index (κ1) is 11.8. The molecule has 0 amide bonds. The van der Waals surface area contributed by atoms with E-state index in [1.165, 1.54) is 12.1 Å². The minimum absolute atomic E-state index is 0.258. The van der Waals surface area contributed by atoms with Crippen molar-refractivity contribution in [1.29, 1.82) is 0 Å². The molecule has 1 atom stereocenters. The number of aliphatic carboxylic acids is 1. The lowest BCUT2D eigenvalue weighted by Crippen LogP contribution is -2.03. The van der Waals surface area contributed by atoms with Gasteiger partial charge in [-0.1, -0.05) is 18.2 Å². The lowest BCUT2D eigenvalue weighted by atomic mass is 10.3. The third-order valence-corrected chi connectivity index (χ3v) is 2.88. The maximum absolute atomic E-state index is 11.4. The number of para-hydroxylation sites is 1. The van der Waals surface area contributed by atoms with Crippen LogP contribution >= 0.6 is 7.60 Å². The van der Waals surface area contributed by atoms with Crippen LogP contribution in [0.15, 0.2) is 30.3 Å². The predicted octanol–water partition coefficient (Wildman–Crippen LogP) is 1.73. The molecule has 15 heavy (non-hydrogen) atoms. The van der Waals surface area contributed by atoms with E-state index >= 15 is 0 Å². The first-order chi connectivity index (χ1) is 6.99. The molecule has 0 saturated heterocycles. The molecule has 0 radical (unpaired) electrons. The predicted molar refractivity (Wildman–Crippen MR) is 54.0 cm³/mol. The third-order valence-electron chi connectivity index (χ3n) is 1.60. The van der Waals surface area contributed by atoms with E-state index in [0.29, 0.717) is 0 Å². The zero-order valence-electron chi connectivity index (χ0n) is 7.87. The van der Waals surface area contributed by atoms with E-state index in [1.807, 2.05) is 0 Å². The van der Waals surface area contributed by atoms with E-state index < -0.39 is 19.7 Å². The Hall–Kier alpha value is -1.32. The number of carboxylic acid groups (broad SMARTS) is 1. The summed E-state index contributed by atoms with van der Waals surface area (Å²) in [5.74, 6) is -0.866. The molecule has 0 aliphatic heterocycles. The fourth-order valence-electron chi connectivity index (χ4n) is 0.929. The van der Waals surface area contributed by atoms with Crippen LogP contribution in [-0.4, -0.2) is 22.1 Å². The van der Waals surface area contributed by atoms with Crippen LogP contribution in [0.25, 0.3) is 0 Å². The van der Waals surface area contributed by atoms with Crippen molar-refractivity contribution in [1.82, 2.24) is 0 Å². The normalized spacial score (nSPS) is 14.2. The fraction of sp³-hybridized carbons (Fsp3) is 0.222. The molecular weight excluding hydrogens is 219 g/mol. The average molecular weight is 230 g/mol. The van der Waals surface area contributed by atoms with Crippen LogP contribution < -0.4 is 4.52 Å². The summed E-state index contributed by atoms with van der Waals surface area (Å²) < 4.78 is 16.2. The fourth-order valence-corrected chi connectivity index (χ4v) is 1.94. The Bertz CT molecular complexity index is 375. The summed E-state index contributed by atoms with van der Waals surface area (Å²) in [7, 11) is -3.85. The number of carbonyl (C=O) groups is 1. The van der Waals surface area contributed by atoms with Gasteiger partial charge in [0.1, 0.15) is 5.75 Å². The van der Waals surface area contributed by atoms with Crippen LogP contribution in [0.4, 0.5) is 0 Å². The van der Waals surface area contributed by atoms with Crippen molar-refractivity contribution in [3.63, 3.8) is 0 Å². The van der Waals surface area contributed by atoms with Crippen LogP contribution in [0.3, 0.4) is 0 Å². The van der Waals surface area contributed by atoms with Gasteiger partial charge >= 0.3 is 13.6 Å². The van der Waals surface area contributed by atoms with E-state index in [1.54, 1.807) is 18.2 Å². The minimum Gasteiger partial charge on any atom is -0.481 e. The second-order valence-electron chi connectivity index (χ2n) is 2.91. The van der Waals surface area contributed by atoms with Crippen molar-refractivity contribution in [3.8, 4) is 5.75 Å². The molecule has 1 unspecified atom stereocenters. The summed E-state index contributed by atoms with van der Waals surface area (Å²) in [6, 6.07) is 8.12. The standard InChI is InChI=1S/C9H11O5P/c10-9(11)6-7-15(12,13)14-8-4-2-1-3-5-8/h1-5H,6-7H2,(H,10,11)(H,12,13). The molecule has 6 heteroatoms. The first-order valence-electron chi connectivity index (χ1n) is 4.28. The summed E-state index contributed by atoms with van der Waals surface area (Å²) in [6.45, 7) is 0. The van der Waals surface area contributed by atoms with Gasteiger partial charge in [0.05, 0.1) is 12.6 Å². The lowest BCUT2D eigenvalue weighted by Gasteiger charge is -2.11. The highest BCUT2D eigenvalue weighted by Gasteiger charge is 2.21. The monoisotopic (exact) mass is 230 g/mol. The maximum Gasteiger partial charge on any atom is 0.377 e. The van der Waals surface area contributed by atoms with Crippen LogP contribution in [-0.2, 0) is 9.36 Å². The smallest absolute Gasteiger partial charge is 0.377 e. The molecule has 0 bridgehead atoms. The Balaban J connectivity index is 2.57. The number of hydrogen-bond acceptors (Lipinski definition) is 3. The van der Waals surface area contributed by atoms with Crippen LogP contribution in [0, 0.1) is 0 Å². The molecule has 1 aromatic rings. The van der Waals surface area contributed by atoms with Gasteiger partial charge in [0.2, 0.25) is 0 Å². The van der Waals surface area contributed by atoms with Crippen molar-refractivity contribution < 1.29 is 23.9 Å². The van der Waals surface area contributed by atoms with Crippen molar-refractivity contribution in [2.75, 3.05) is 6.16 Å². The molecular formula is C9H11O5P. The minimum atomic E-state index is -3.85. The summed E-state index contributed by atoms with van der Waals surface area (Å²) in [4.78, 5) is 19.5. The molecule has 5 nitrogen and oxygen atoms in total. The second-order valence-corrected chi connectivity index (χ2v) is 4.81. The van der Waals surface area contributed by atoms with Crippen LogP contribution in [0.1, 0.15) is 6.42 Å². The zero-order chi connectivity index (χ0) is 11.3. The molecule has 1 aromatic carbocycles. The summed E-state index contributed by atoms with van der Waals surface area (Å²) in [6.07, 6.45) is -0.780. The molecule has 0 fully saturated rings. The first-order valence-corrected chi connectivity index (χ1v) is 6.04. The highest BCUT2D eigenvalue weighted by Crippen LogP contribution is 2.42. The molecule has 0 spiro atoms. The molecule has 0 aliphatic rings. The largest absolute Gasteiger partial charge is 0.481 e. The van der Waals surface area contributed by atoms with Crippen LogP contribution in [0.2, 0.25) is 0 Å². The van der Waals surface area contributed by atoms with Crippen molar-refractivity contribution in [2.45, 2.75) is 6.42 Å². The van der Waals surface area contributed by atoms with Gasteiger partial charge in [0, 0.05) is 0 Å². The molecule has 82 valence electrons. The van der Waals surface area contributed by atoms with Crippen molar-refractivity contribution in [3.05, 3.63) is 30.3 Å². The van der Waals surface area contributed by atoms with E-state index in [2.05, 4.69) is 0 Å². The number of hydrogen-bond donors (Lipinski definition) is 2. The summed E-state index contributed by atoms with van der Waals surface area (Å²) in [5.41, 5.74) is 0. The Morgan fingerprint density at radius 3 is 2.47 bits per heavy atom. The van der Waals surface area contributed by atoms with E-state index in [0.717, 1.165) is 0 Å². The summed E-state index contributed by atoms with van der Waals surface area (Å²) in [5, 5.41) is 8.36. The Morgan fingerprint density at radius 2 is 1.93 bits per heavy atom. The number of carboxylic acids is 1. The highest BCUT2D eigenvalue weighted by atomic mass is 31.2. The van der Waals surface area contributed by atoms with Crippen molar-refractivity contribution in [2.24, 2.45) is 0 Å². The quantitative estimate of drug-likeness (QED) is 0.752. The summed E-state index contributed by atoms with van der Waals surface area (Å²) >= 11 is 0. The molecule has 0 saturated carbocycles. The van der Waals surface area contributed by atoms with Gasteiger partial charge in [0.25, 0.3) is 0 Å². The van der Waals surface area contributed by atoms with E-state index in [4.69, 9.17) is 9.63 Å². The van der Waals surface area contributed by atoms with Gasteiger partial charge in [0.15, 0.2) is 0 Å². The topological polar surface area (TPSA) is 83.8 Å². The Kier molecular flexibility index (Phi) is 3.88. The molecule has 2 N–H and O–H groups in total. The highest BCUT2D eigenvalue weighted by molar-refractivity contribution is 7.53. The van der Waals surface area contributed by atoms with Gasteiger partial charge in [-0.25, -0.2) is 4.57 Å². The molecule has 0 heterocycles. The average Bonchev–Trinajstić information content (AvgIpc) is 2.16. The van der Waals surface area contributed by atoms with Gasteiger partial charge in [-0.05, 0) is 12.1 Å². The van der Waals surface area contributed by atoms with Gasteiger partial charge in [-0.3, -0.25) is 4.79 Å². The molecule has 0 aliphatic carbocycles. The van der Waals surface area contributed by atoms with E-state index in [9.17, 15) is 14.3 Å². The van der Waals surface area contributed by atoms with E-state index in [-0.39, 0.29) is 12.2 Å². The SMILES string of the molecule is O=C(O)CCP(=O)(O)Oc1ccccc1. The molecule has 1 rings (SSSR count). The second kappa shape index (κ2) is 4.96. The third kappa shape index (κ3) is 4.63. The molecule has 0 aromatic heterocycles. The lowest BCUT2D eigenvalue weighted by molar-refractivity contribution is -0.136. The Morgan fingerprint density at radius 1 is 1.33 bits per heavy atom. The Labute approximate surface area is 86.9 Å².